The van der Waals surface area contributed by atoms with E-state index in [1.807, 2.05) is 0 Å². The first-order valence-corrected chi connectivity index (χ1v) is 9.46. The van der Waals surface area contributed by atoms with Crippen LogP contribution in [0.15, 0.2) is 24.3 Å². The number of hydrazine groups is 1. The number of likely N-dealkylation sites (tertiary alicyclic amines) is 1. The van der Waals surface area contributed by atoms with E-state index < -0.39 is 42.0 Å². The average Bonchev–Trinajstić information content (AvgIpc) is 3.19. The molecule has 11 nitrogen and oxygen atoms in total. The number of benzene rings is 1. The Bertz CT molecular complexity index is 784. The second kappa shape index (κ2) is 10.3. The molecular formula is C19H27N5O6. The van der Waals surface area contributed by atoms with Gasteiger partial charge in [0.15, 0.2) is 0 Å². The van der Waals surface area contributed by atoms with Crippen LogP contribution in [0.4, 0.5) is 10.5 Å². The van der Waals surface area contributed by atoms with E-state index in [0.717, 1.165) is 0 Å². The number of nitrogens with one attached hydrogen (secondary N) is 3. The third kappa shape index (κ3) is 6.00. The van der Waals surface area contributed by atoms with Crippen LogP contribution in [0.2, 0.25) is 0 Å². The SMILES string of the molecule is COc1ccc(NNC(=O)C2CCCN2C(=O)NC(C(N)=O)C(C)OC(C)=O)cc1. The van der Waals surface area contributed by atoms with Gasteiger partial charge in [0.2, 0.25) is 5.91 Å². The van der Waals surface area contributed by atoms with Crippen molar-refractivity contribution < 1.29 is 28.7 Å². The van der Waals surface area contributed by atoms with Gasteiger partial charge in [-0.3, -0.25) is 25.2 Å². The second-order valence-electron chi connectivity index (χ2n) is 6.84. The van der Waals surface area contributed by atoms with Gasteiger partial charge in [-0.2, -0.15) is 0 Å². The van der Waals surface area contributed by atoms with Crippen LogP contribution >= 0.6 is 0 Å². The molecule has 1 saturated heterocycles. The fraction of sp³-hybridized carbons (Fsp3) is 0.474. The largest absolute Gasteiger partial charge is 0.497 e. The van der Waals surface area contributed by atoms with Crippen LogP contribution in [0.1, 0.15) is 26.7 Å². The summed E-state index contributed by atoms with van der Waals surface area (Å²) in [7, 11) is 1.56. The number of urea groups is 1. The number of nitrogens with two attached hydrogens (primary N) is 1. The number of anilines is 1. The lowest BCUT2D eigenvalue weighted by Crippen LogP contribution is -2.57. The highest BCUT2D eigenvalue weighted by atomic mass is 16.5. The van der Waals surface area contributed by atoms with E-state index in [-0.39, 0.29) is 0 Å². The van der Waals surface area contributed by atoms with Crippen LogP contribution < -0.4 is 26.6 Å². The van der Waals surface area contributed by atoms with Gasteiger partial charge < -0.3 is 25.4 Å². The average molecular weight is 421 g/mol. The van der Waals surface area contributed by atoms with E-state index in [1.54, 1.807) is 31.4 Å². The highest BCUT2D eigenvalue weighted by molar-refractivity contribution is 5.91. The molecule has 0 radical (unpaired) electrons. The molecule has 1 aliphatic heterocycles. The fourth-order valence-corrected chi connectivity index (χ4v) is 3.14. The number of methoxy groups -OCH3 is 1. The van der Waals surface area contributed by atoms with Crippen molar-refractivity contribution in [2.45, 2.75) is 44.9 Å². The summed E-state index contributed by atoms with van der Waals surface area (Å²) < 4.78 is 10.0. The van der Waals surface area contributed by atoms with Gasteiger partial charge in [-0.05, 0) is 44.0 Å². The van der Waals surface area contributed by atoms with Gasteiger partial charge in [0, 0.05) is 13.5 Å². The zero-order valence-corrected chi connectivity index (χ0v) is 17.1. The first-order valence-electron chi connectivity index (χ1n) is 9.46. The van der Waals surface area contributed by atoms with Crippen molar-refractivity contribution in [2.75, 3.05) is 19.1 Å². The maximum atomic E-state index is 12.7. The number of carbonyl (C=O) groups excluding carboxylic acids is 4. The van der Waals surface area contributed by atoms with Gasteiger partial charge >= 0.3 is 12.0 Å². The standard InChI is InChI=1S/C19H27N5O6/c1-11(30-12(2)25)16(17(20)26)21-19(28)24-10-4-5-15(24)18(27)23-22-13-6-8-14(29-3)9-7-13/h6-9,11,15-16,22H,4-5,10H2,1-3H3,(H2,20,26)(H,21,28)(H,23,27). The normalized spacial score (nSPS) is 17.4. The minimum Gasteiger partial charge on any atom is -0.497 e. The molecule has 0 spiro atoms. The Morgan fingerprint density at radius 1 is 1.20 bits per heavy atom. The second-order valence-corrected chi connectivity index (χ2v) is 6.84. The Morgan fingerprint density at radius 2 is 1.87 bits per heavy atom. The minimum atomic E-state index is -1.22. The van der Waals surface area contributed by atoms with Crippen molar-refractivity contribution in [1.29, 1.82) is 0 Å². The molecule has 2 rings (SSSR count). The molecule has 5 N–H and O–H groups in total. The van der Waals surface area contributed by atoms with Crippen LogP contribution in [-0.4, -0.2) is 60.6 Å². The highest BCUT2D eigenvalue weighted by Crippen LogP contribution is 2.19. The molecule has 4 amide bonds. The van der Waals surface area contributed by atoms with Crippen molar-refractivity contribution in [3.8, 4) is 5.75 Å². The number of nitrogens with zero attached hydrogens (tertiary/aromatic N) is 1. The molecule has 3 unspecified atom stereocenters. The fourth-order valence-electron chi connectivity index (χ4n) is 3.14. The molecule has 1 aliphatic rings. The molecule has 11 heteroatoms. The summed E-state index contributed by atoms with van der Waals surface area (Å²) in [5.74, 6) is -1.18. The lowest BCUT2D eigenvalue weighted by Gasteiger charge is -2.28. The van der Waals surface area contributed by atoms with Gasteiger partial charge in [0.1, 0.15) is 23.9 Å². The molecule has 1 heterocycles. The monoisotopic (exact) mass is 421 g/mol. The molecule has 164 valence electrons. The van der Waals surface area contributed by atoms with Crippen LogP contribution in [-0.2, 0) is 19.1 Å². The summed E-state index contributed by atoms with van der Waals surface area (Å²) >= 11 is 0. The number of ether oxygens (including phenoxy) is 2. The summed E-state index contributed by atoms with van der Waals surface area (Å²) in [4.78, 5) is 49.4. The Balaban J connectivity index is 1.96. The Labute approximate surface area is 174 Å². The highest BCUT2D eigenvalue weighted by Gasteiger charge is 2.37. The molecule has 1 aromatic carbocycles. The summed E-state index contributed by atoms with van der Waals surface area (Å²) in [6.07, 6.45) is 0.134. The van der Waals surface area contributed by atoms with Crippen molar-refractivity contribution in [2.24, 2.45) is 5.73 Å². The predicted molar refractivity (Wildman–Crippen MR) is 107 cm³/mol. The number of hydrogen-bond donors (Lipinski definition) is 4. The molecule has 0 saturated carbocycles. The number of hydrogen-bond acceptors (Lipinski definition) is 7. The predicted octanol–water partition coefficient (Wildman–Crippen LogP) is 0.118. The third-order valence-corrected chi connectivity index (χ3v) is 4.64. The minimum absolute atomic E-state index is 0.333. The van der Waals surface area contributed by atoms with Crippen molar-refractivity contribution in [3.05, 3.63) is 24.3 Å². The van der Waals surface area contributed by atoms with Crippen LogP contribution in [0.25, 0.3) is 0 Å². The molecule has 0 bridgehead atoms. The van der Waals surface area contributed by atoms with Crippen molar-refractivity contribution in [3.63, 3.8) is 0 Å². The number of esters is 1. The number of carbonyl (C=O) groups is 4. The Morgan fingerprint density at radius 3 is 2.43 bits per heavy atom. The molecular weight excluding hydrogens is 394 g/mol. The maximum Gasteiger partial charge on any atom is 0.318 e. The quantitative estimate of drug-likeness (QED) is 0.343. The topological polar surface area (TPSA) is 152 Å². The van der Waals surface area contributed by atoms with Gasteiger partial charge in [-0.25, -0.2) is 4.79 Å². The summed E-state index contributed by atoms with van der Waals surface area (Å²) in [6, 6.07) is 4.34. The van der Waals surface area contributed by atoms with Crippen molar-refractivity contribution in [1.82, 2.24) is 15.6 Å². The number of amides is 4. The summed E-state index contributed by atoms with van der Waals surface area (Å²) in [6.45, 7) is 2.97. The van der Waals surface area contributed by atoms with E-state index >= 15 is 0 Å². The molecule has 0 aromatic heterocycles. The van der Waals surface area contributed by atoms with Gasteiger partial charge in [0.25, 0.3) is 5.91 Å². The Kier molecular flexibility index (Phi) is 7.84. The third-order valence-electron chi connectivity index (χ3n) is 4.64. The van der Waals surface area contributed by atoms with E-state index in [2.05, 4.69) is 16.2 Å². The number of primary amides is 1. The van der Waals surface area contributed by atoms with E-state index in [4.69, 9.17) is 15.2 Å². The molecule has 1 fully saturated rings. The lowest BCUT2D eigenvalue weighted by molar-refractivity contribution is -0.148. The zero-order chi connectivity index (χ0) is 22.3. The zero-order valence-electron chi connectivity index (χ0n) is 17.1. The number of rotatable bonds is 8. The van der Waals surface area contributed by atoms with Gasteiger partial charge in [0.05, 0.1) is 12.8 Å². The first kappa shape index (κ1) is 22.8. The molecule has 3 atom stereocenters. The van der Waals surface area contributed by atoms with Crippen LogP contribution in [0.3, 0.4) is 0 Å². The van der Waals surface area contributed by atoms with Crippen LogP contribution in [0, 0.1) is 0 Å². The van der Waals surface area contributed by atoms with Crippen molar-refractivity contribution >= 4 is 29.5 Å². The molecule has 30 heavy (non-hydrogen) atoms. The van der Waals surface area contributed by atoms with Gasteiger partial charge in [-0.15, -0.1) is 0 Å². The molecule has 1 aromatic rings. The summed E-state index contributed by atoms with van der Waals surface area (Å²) in [5, 5.41) is 2.46. The van der Waals surface area contributed by atoms with E-state index in [0.29, 0.717) is 30.8 Å². The smallest absolute Gasteiger partial charge is 0.318 e. The van der Waals surface area contributed by atoms with E-state index in [1.165, 1.54) is 18.7 Å². The summed E-state index contributed by atoms with van der Waals surface area (Å²) in [5.41, 5.74) is 11.3. The van der Waals surface area contributed by atoms with E-state index in [9.17, 15) is 19.2 Å². The van der Waals surface area contributed by atoms with Gasteiger partial charge in [-0.1, -0.05) is 0 Å². The Hall–Kier alpha value is -3.50. The maximum absolute atomic E-state index is 12.7. The molecule has 0 aliphatic carbocycles. The lowest BCUT2D eigenvalue weighted by atomic mass is 10.1. The first-order chi connectivity index (χ1) is 14.2. The van der Waals surface area contributed by atoms with Crippen LogP contribution in [0.5, 0.6) is 5.75 Å².